The van der Waals surface area contributed by atoms with Gasteiger partial charge in [0.2, 0.25) is 0 Å². The molecule has 0 aromatic carbocycles. The van der Waals surface area contributed by atoms with Crippen LogP contribution in [0.4, 0.5) is 5.82 Å². The normalized spacial score (nSPS) is 23.7. The van der Waals surface area contributed by atoms with Gasteiger partial charge in [0.15, 0.2) is 0 Å². The fraction of sp³-hybridized carbons (Fsp3) is 0.533. The van der Waals surface area contributed by atoms with Crippen molar-refractivity contribution in [2.24, 2.45) is 0 Å². The van der Waals surface area contributed by atoms with Gasteiger partial charge in [0.1, 0.15) is 22.6 Å². The molecule has 2 aliphatic heterocycles. The average Bonchev–Trinajstić information content (AvgIpc) is 2.91. The van der Waals surface area contributed by atoms with Crippen molar-refractivity contribution in [2.45, 2.75) is 31.8 Å². The van der Waals surface area contributed by atoms with Crippen molar-refractivity contribution in [3.05, 3.63) is 21.3 Å². The number of rotatable bonds is 2. The van der Waals surface area contributed by atoms with Gasteiger partial charge in [-0.25, -0.2) is 0 Å². The van der Waals surface area contributed by atoms with Crippen molar-refractivity contribution >= 4 is 18.0 Å². The molecule has 0 bridgehead atoms. The second-order valence-electron chi connectivity index (χ2n) is 5.56. The first-order valence-corrected chi connectivity index (χ1v) is 7.53. The van der Waals surface area contributed by atoms with Gasteiger partial charge in [0.25, 0.3) is 0 Å². The molecule has 1 atom stereocenters. The van der Waals surface area contributed by atoms with Crippen LogP contribution in [0, 0.1) is 27.3 Å². The van der Waals surface area contributed by atoms with Crippen LogP contribution in [0.2, 0.25) is 0 Å². The van der Waals surface area contributed by atoms with E-state index in [0.717, 1.165) is 43.9 Å². The smallest absolute Gasteiger partial charge is 0.125 e. The summed E-state index contributed by atoms with van der Waals surface area (Å²) in [5.74, 6) is 0.741. The Morgan fingerprint density at radius 2 is 2.05 bits per heavy atom. The highest BCUT2D eigenvalue weighted by molar-refractivity contribution is 7.71. The van der Waals surface area contributed by atoms with E-state index >= 15 is 0 Å². The molecule has 1 N–H and O–H groups in total. The largest absolute Gasteiger partial charge is 0.373 e. The fourth-order valence-electron chi connectivity index (χ4n) is 3.22. The standard InChI is InChI=1S/C15H16N4OS/c1-2-10-11(7-16)13(18-14(21)12(10)8-17)19-5-3-15(9-19)4-6-20-15/h2-6,9H2,1H3,(H,18,21). The minimum absolute atomic E-state index is 0.0392. The number of aromatic nitrogens is 1. The second kappa shape index (κ2) is 5.14. The number of aromatic amines is 1. The number of anilines is 1. The van der Waals surface area contributed by atoms with Gasteiger partial charge < -0.3 is 14.6 Å². The third-order valence-electron chi connectivity index (χ3n) is 4.48. The van der Waals surface area contributed by atoms with Crippen LogP contribution in [0.1, 0.15) is 36.5 Å². The predicted molar refractivity (Wildman–Crippen MR) is 80.6 cm³/mol. The Morgan fingerprint density at radius 1 is 1.33 bits per heavy atom. The van der Waals surface area contributed by atoms with Gasteiger partial charge in [-0.15, -0.1) is 0 Å². The minimum Gasteiger partial charge on any atom is -0.373 e. The molecule has 6 heteroatoms. The van der Waals surface area contributed by atoms with E-state index in [2.05, 4.69) is 22.0 Å². The number of H-pyrrole nitrogens is 1. The SMILES string of the molecule is CCc1c(C#N)c(N2CCC3(CCO3)C2)[nH]c(=S)c1C#N. The van der Waals surface area contributed by atoms with Crippen LogP contribution in [-0.2, 0) is 11.2 Å². The summed E-state index contributed by atoms with van der Waals surface area (Å²) >= 11 is 5.29. The van der Waals surface area contributed by atoms with Crippen molar-refractivity contribution in [1.29, 1.82) is 10.5 Å². The van der Waals surface area contributed by atoms with Crippen molar-refractivity contribution in [3.63, 3.8) is 0 Å². The molecule has 0 saturated carbocycles. The zero-order valence-corrected chi connectivity index (χ0v) is 12.7. The third kappa shape index (κ3) is 2.12. The summed E-state index contributed by atoms with van der Waals surface area (Å²) in [6.07, 6.45) is 2.66. The van der Waals surface area contributed by atoms with Crippen LogP contribution >= 0.6 is 12.2 Å². The molecule has 108 valence electrons. The molecule has 0 aliphatic carbocycles. The number of nitrogens with one attached hydrogen (secondary N) is 1. The van der Waals surface area contributed by atoms with Crippen molar-refractivity contribution in [1.82, 2.24) is 4.98 Å². The maximum absolute atomic E-state index is 9.53. The molecular weight excluding hydrogens is 284 g/mol. The van der Waals surface area contributed by atoms with Gasteiger partial charge in [-0.3, -0.25) is 0 Å². The Hall–Kier alpha value is -1.89. The van der Waals surface area contributed by atoms with Crippen LogP contribution in [0.3, 0.4) is 0 Å². The van der Waals surface area contributed by atoms with Gasteiger partial charge in [-0.2, -0.15) is 10.5 Å². The summed E-state index contributed by atoms with van der Waals surface area (Å²) in [5, 5.41) is 18.8. The first kappa shape index (κ1) is 14.1. The molecule has 2 aliphatic rings. The molecule has 1 aromatic rings. The Balaban J connectivity index is 2.07. The van der Waals surface area contributed by atoms with E-state index in [0.29, 0.717) is 22.2 Å². The molecule has 5 nitrogen and oxygen atoms in total. The predicted octanol–water partition coefficient (Wildman–Crippen LogP) is 2.42. The van der Waals surface area contributed by atoms with Crippen LogP contribution < -0.4 is 4.90 Å². The second-order valence-corrected chi connectivity index (χ2v) is 5.97. The summed E-state index contributed by atoms with van der Waals surface area (Å²) in [6, 6.07) is 4.36. The van der Waals surface area contributed by atoms with Crippen LogP contribution in [0.5, 0.6) is 0 Å². The quantitative estimate of drug-likeness (QED) is 0.849. The van der Waals surface area contributed by atoms with Gasteiger partial charge in [-0.05, 0) is 18.4 Å². The van der Waals surface area contributed by atoms with E-state index in [4.69, 9.17) is 17.0 Å². The van der Waals surface area contributed by atoms with Gasteiger partial charge in [-0.1, -0.05) is 19.1 Å². The maximum atomic E-state index is 9.53. The lowest BCUT2D eigenvalue weighted by molar-refractivity contribution is -0.130. The van der Waals surface area contributed by atoms with E-state index in [1.807, 2.05) is 6.92 Å². The van der Waals surface area contributed by atoms with E-state index in [1.54, 1.807) is 0 Å². The summed E-state index contributed by atoms with van der Waals surface area (Å²) < 4.78 is 6.13. The highest BCUT2D eigenvalue weighted by Gasteiger charge is 2.45. The van der Waals surface area contributed by atoms with Crippen molar-refractivity contribution < 1.29 is 4.74 Å². The van der Waals surface area contributed by atoms with Crippen LogP contribution in [-0.4, -0.2) is 30.3 Å². The molecule has 2 fully saturated rings. The third-order valence-corrected chi connectivity index (χ3v) is 4.78. The molecule has 21 heavy (non-hydrogen) atoms. The Kier molecular flexibility index (Phi) is 3.44. The molecular formula is C15H16N4OS. The highest BCUT2D eigenvalue weighted by atomic mass is 32.1. The molecule has 2 saturated heterocycles. The molecule has 0 radical (unpaired) electrons. The highest BCUT2D eigenvalue weighted by Crippen LogP contribution is 2.38. The zero-order valence-electron chi connectivity index (χ0n) is 11.9. The molecule has 3 rings (SSSR count). The van der Waals surface area contributed by atoms with E-state index < -0.39 is 0 Å². The number of nitriles is 2. The van der Waals surface area contributed by atoms with Gasteiger partial charge >= 0.3 is 0 Å². The number of hydrogen-bond donors (Lipinski definition) is 1. The lowest BCUT2D eigenvalue weighted by Gasteiger charge is -2.38. The maximum Gasteiger partial charge on any atom is 0.125 e. The fourth-order valence-corrected chi connectivity index (χ4v) is 3.48. The van der Waals surface area contributed by atoms with E-state index in [9.17, 15) is 10.5 Å². The van der Waals surface area contributed by atoms with Crippen LogP contribution in [0.25, 0.3) is 0 Å². The van der Waals surface area contributed by atoms with Crippen molar-refractivity contribution in [3.8, 4) is 12.1 Å². The first-order valence-electron chi connectivity index (χ1n) is 7.12. The summed E-state index contributed by atoms with van der Waals surface area (Å²) in [6.45, 7) is 4.38. The van der Waals surface area contributed by atoms with Crippen LogP contribution in [0.15, 0.2) is 0 Å². The monoisotopic (exact) mass is 300 g/mol. The Labute approximate surface area is 128 Å². The summed E-state index contributed by atoms with van der Waals surface area (Å²) in [7, 11) is 0. The first-order chi connectivity index (χ1) is 10.1. The molecule has 1 unspecified atom stereocenters. The summed E-state index contributed by atoms with van der Waals surface area (Å²) in [5.41, 5.74) is 1.66. The number of nitrogens with zero attached hydrogens (tertiary/aromatic N) is 3. The van der Waals surface area contributed by atoms with Crippen molar-refractivity contribution in [2.75, 3.05) is 24.6 Å². The van der Waals surface area contributed by atoms with E-state index in [-0.39, 0.29) is 5.60 Å². The molecule has 3 heterocycles. The minimum atomic E-state index is -0.0392. The lowest BCUT2D eigenvalue weighted by Crippen LogP contribution is -2.46. The van der Waals surface area contributed by atoms with E-state index in [1.165, 1.54) is 0 Å². The zero-order chi connectivity index (χ0) is 15.0. The number of hydrogen-bond acceptors (Lipinski definition) is 5. The molecule has 1 spiro atoms. The topological polar surface area (TPSA) is 75.8 Å². The Bertz CT molecular complexity index is 721. The average molecular weight is 300 g/mol. The Morgan fingerprint density at radius 3 is 2.52 bits per heavy atom. The molecule has 1 aromatic heterocycles. The van der Waals surface area contributed by atoms with Gasteiger partial charge in [0.05, 0.1) is 23.3 Å². The summed E-state index contributed by atoms with van der Waals surface area (Å²) in [4.78, 5) is 5.22. The number of pyridine rings is 1. The lowest BCUT2D eigenvalue weighted by atomic mass is 9.94. The molecule has 0 amide bonds. The number of ether oxygens (including phenoxy) is 1. The van der Waals surface area contributed by atoms with Gasteiger partial charge in [0, 0.05) is 19.5 Å².